The molecule has 1 aromatic heterocycles. The van der Waals surface area contributed by atoms with E-state index in [1.54, 1.807) is 17.0 Å². The van der Waals surface area contributed by atoms with Gasteiger partial charge in [-0.1, -0.05) is 6.07 Å². The van der Waals surface area contributed by atoms with Crippen molar-refractivity contribution in [1.82, 2.24) is 19.0 Å². The zero-order valence-electron chi connectivity index (χ0n) is 17.2. The number of hydrogen-bond acceptors (Lipinski definition) is 9. The number of carbonyl (C=O) groups is 3. The molecule has 4 rings (SSSR count). The number of benzene rings is 1. The Kier molecular flexibility index (Phi) is 6.25. The fraction of sp³-hybridized carbons (Fsp3) is 0.316. The molecule has 3 heterocycles. The second-order valence-corrected chi connectivity index (χ2v) is 10.4. The summed E-state index contributed by atoms with van der Waals surface area (Å²) >= 11 is 1.37. The van der Waals surface area contributed by atoms with Crippen LogP contribution in [0.4, 0.5) is 10.5 Å². The van der Waals surface area contributed by atoms with Crippen LogP contribution in [0, 0.1) is 10.1 Å². The molecule has 12 nitrogen and oxygen atoms in total. The number of rotatable bonds is 7. The van der Waals surface area contributed by atoms with E-state index in [1.165, 1.54) is 27.8 Å². The molecule has 2 saturated heterocycles. The Hall–Kier alpha value is -3.20. The van der Waals surface area contributed by atoms with E-state index in [1.807, 2.05) is 5.38 Å². The second-order valence-electron chi connectivity index (χ2n) is 7.40. The number of urea groups is 1. The molecule has 0 N–H and O–H groups in total. The van der Waals surface area contributed by atoms with Gasteiger partial charge in [-0.15, -0.1) is 11.3 Å². The third-order valence-corrected chi connectivity index (χ3v) is 8.16. The molecule has 2 aliphatic heterocycles. The predicted octanol–water partition coefficient (Wildman–Crippen LogP) is 0.911. The van der Waals surface area contributed by atoms with E-state index < -0.39 is 32.8 Å². The van der Waals surface area contributed by atoms with Crippen molar-refractivity contribution in [1.29, 1.82) is 0 Å². The van der Waals surface area contributed by atoms with Gasteiger partial charge in [0.05, 0.1) is 23.0 Å². The first-order valence-corrected chi connectivity index (χ1v) is 12.2. The van der Waals surface area contributed by atoms with E-state index in [0.717, 1.165) is 26.8 Å². The number of thiophene rings is 1. The Morgan fingerprint density at radius 3 is 2.15 bits per heavy atom. The number of nitro benzene ring substituents is 1. The van der Waals surface area contributed by atoms with E-state index in [9.17, 15) is 32.9 Å². The van der Waals surface area contributed by atoms with Gasteiger partial charge < -0.3 is 0 Å². The summed E-state index contributed by atoms with van der Waals surface area (Å²) in [6.07, 6.45) is 0. The van der Waals surface area contributed by atoms with Gasteiger partial charge in [-0.25, -0.2) is 18.1 Å². The highest BCUT2D eigenvalue weighted by Crippen LogP contribution is 2.22. The van der Waals surface area contributed by atoms with Gasteiger partial charge in [-0.2, -0.15) is 4.31 Å². The van der Waals surface area contributed by atoms with Gasteiger partial charge in [0.15, 0.2) is 0 Å². The Morgan fingerprint density at radius 2 is 1.58 bits per heavy atom. The van der Waals surface area contributed by atoms with E-state index in [0.29, 0.717) is 0 Å². The van der Waals surface area contributed by atoms with Gasteiger partial charge in [0.25, 0.3) is 5.69 Å². The molecular weight excluding hydrogens is 474 g/mol. The molecule has 1 aromatic carbocycles. The van der Waals surface area contributed by atoms with Gasteiger partial charge in [0, 0.05) is 43.2 Å². The monoisotopic (exact) mass is 493 g/mol. The third-order valence-electron chi connectivity index (χ3n) is 5.39. The van der Waals surface area contributed by atoms with E-state index in [2.05, 4.69) is 0 Å². The maximum absolute atomic E-state index is 12.8. The van der Waals surface area contributed by atoms with Crippen LogP contribution in [0.15, 0.2) is 46.7 Å². The Labute approximate surface area is 192 Å². The molecule has 2 fully saturated rings. The summed E-state index contributed by atoms with van der Waals surface area (Å²) in [5, 5.41) is 12.6. The summed E-state index contributed by atoms with van der Waals surface area (Å²) in [6.45, 7) is 0.587. The minimum atomic E-state index is -3.85. The topological polar surface area (TPSA) is 141 Å². The van der Waals surface area contributed by atoms with Gasteiger partial charge in [0.1, 0.15) is 0 Å². The van der Waals surface area contributed by atoms with Crippen molar-refractivity contribution < 1.29 is 27.7 Å². The molecule has 2 aromatic rings. The van der Waals surface area contributed by atoms with Crippen LogP contribution in [-0.4, -0.2) is 83.0 Å². The molecule has 0 unspecified atom stereocenters. The fourth-order valence-electron chi connectivity index (χ4n) is 3.57. The molecule has 174 valence electrons. The number of sulfonamides is 1. The minimum Gasteiger partial charge on any atom is -0.283 e. The molecule has 0 radical (unpaired) electrons. The Morgan fingerprint density at radius 1 is 0.939 bits per heavy atom. The Bertz CT molecular complexity index is 1190. The van der Waals surface area contributed by atoms with Crippen molar-refractivity contribution in [2.45, 2.75) is 11.4 Å². The van der Waals surface area contributed by atoms with Crippen molar-refractivity contribution in [3.05, 3.63) is 56.8 Å². The number of imide groups is 2. The second kappa shape index (κ2) is 8.97. The van der Waals surface area contributed by atoms with Crippen molar-refractivity contribution in [2.75, 3.05) is 32.8 Å². The number of nitro groups is 1. The first kappa shape index (κ1) is 23.0. The SMILES string of the molecule is O=C1C(=O)N(CN2CCN(S(=O)(=O)c3ccc([N+](=O)[O-])cc3)CC2)C(=O)N1Cc1cccs1. The summed E-state index contributed by atoms with van der Waals surface area (Å²) < 4.78 is 26.9. The van der Waals surface area contributed by atoms with Crippen LogP contribution in [0.1, 0.15) is 4.88 Å². The van der Waals surface area contributed by atoms with Gasteiger partial charge in [-0.3, -0.25) is 29.5 Å². The largest absolute Gasteiger partial charge is 0.335 e. The third kappa shape index (κ3) is 4.50. The van der Waals surface area contributed by atoms with E-state index >= 15 is 0 Å². The number of hydrogen-bond donors (Lipinski definition) is 0. The molecule has 0 saturated carbocycles. The number of piperazine rings is 1. The van der Waals surface area contributed by atoms with Gasteiger partial charge >= 0.3 is 17.8 Å². The highest BCUT2D eigenvalue weighted by atomic mass is 32.2. The summed E-state index contributed by atoms with van der Waals surface area (Å²) in [4.78, 5) is 51.6. The molecule has 0 aliphatic carbocycles. The summed E-state index contributed by atoms with van der Waals surface area (Å²) in [5.74, 6) is -1.79. The first-order chi connectivity index (χ1) is 15.7. The van der Waals surface area contributed by atoms with E-state index in [4.69, 9.17) is 0 Å². The average molecular weight is 494 g/mol. The molecule has 0 spiro atoms. The summed E-state index contributed by atoms with van der Waals surface area (Å²) in [7, 11) is -3.85. The van der Waals surface area contributed by atoms with Crippen molar-refractivity contribution in [3.8, 4) is 0 Å². The van der Waals surface area contributed by atoms with Crippen LogP contribution in [0.2, 0.25) is 0 Å². The summed E-state index contributed by atoms with van der Waals surface area (Å²) in [5.41, 5.74) is -0.207. The maximum atomic E-state index is 12.8. The molecule has 0 atom stereocenters. The smallest absolute Gasteiger partial charge is 0.283 e. The molecule has 14 heteroatoms. The number of nitrogens with zero attached hydrogens (tertiary/aromatic N) is 5. The average Bonchev–Trinajstić information content (AvgIpc) is 3.39. The molecular formula is C19H19N5O7S2. The lowest BCUT2D eigenvalue weighted by molar-refractivity contribution is -0.384. The van der Waals surface area contributed by atoms with Crippen LogP contribution in [0.3, 0.4) is 0 Å². The molecule has 4 amide bonds. The standard InChI is InChI=1S/C19H19N5O7S2/c25-17-18(26)23(19(27)22(17)12-15-2-1-11-32-15)13-20-7-9-21(10-8-20)33(30,31)16-5-3-14(4-6-16)24(28)29/h1-6,11H,7-10,12-13H2. The number of amides is 4. The van der Waals surface area contributed by atoms with Crippen LogP contribution < -0.4 is 0 Å². The van der Waals surface area contributed by atoms with Gasteiger partial charge in [0.2, 0.25) is 10.0 Å². The van der Waals surface area contributed by atoms with Crippen LogP contribution >= 0.6 is 11.3 Å². The Balaban J connectivity index is 1.37. The van der Waals surface area contributed by atoms with Crippen molar-refractivity contribution >= 4 is 44.9 Å². The van der Waals surface area contributed by atoms with Crippen molar-refractivity contribution in [2.24, 2.45) is 0 Å². The molecule has 0 bridgehead atoms. The predicted molar refractivity (Wildman–Crippen MR) is 115 cm³/mol. The highest BCUT2D eigenvalue weighted by molar-refractivity contribution is 7.89. The van der Waals surface area contributed by atoms with E-state index in [-0.39, 0.29) is 50.0 Å². The minimum absolute atomic E-state index is 0.0266. The lowest BCUT2D eigenvalue weighted by atomic mass is 10.3. The lowest BCUT2D eigenvalue weighted by Crippen LogP contribution is -2.52. The van der Waals surface area contributed by atoms with Gasteiger partial charge in [-0.05, 0) is 23.6 Å². The fourth-order valence-corrected chi connectivity index (χ4v) is 5.69. The van der Waals surface area contributed by atoms with Crippen molar-refractivity contribution in [3.63, 3.8) is 0 Å². The lowest BCUT2D eigenvalue weighted by Gasteiger charge is -2.35. The van der Waals surface area contributed by atoms with Crippen LogP contribution in [0.25, 0.3) is 0 Å². The normalized spacial score (nSPS) is 18.4. The number of carbonyl (C=O) groups excluding carboxylic acids is 3. The highest BCUT2D eigenvalue weighted by Gasteiger charge is 2.45. The maximum Gasteiger partial charge on any atom is 0.335 e. The van der Waals surface area contributed by atoms with Crippen LogP contribution in [-0.2, 0) is 26.2 Å². The van der Waals surface area contributed by atoms with Crippen LogP contribution in [0.5, 0.6) is 0 Å². The summed E-state index contributed by atoms with van der Waals surface area (Å²) in [6, 6.07) is 7.50. The molecule has 33 heavy (non-hydrogen) atoms. The number of non-ortho nitro benzene ring substituents is 1. The quantitative estimate of drug-likeness (QED) is 0.240. The zero-order chi connectivity index (χ0) is 23.8. The zero-order valence-corrected chi connectivity index (χ0v) is 18.8. The first-order valence-electron chi connectivity index (χ1n) is 9.85. The molecule has 2 aliphatic rings.